The van der Waals surface area contributed by atoms with Crippen molar-refractivity contribution in [3.05, 3.63) is 0 Å². The van der Waals surface area contributed by atoms with E-state index < -0.39 is 0 Å². The maximum absolute atomic E-state index is 2.67. The second kappa shape index (κ2) is 2.48. The number of rotatable bonds is 2. The Balaban J connectivity index is 2.03. The molecule has 0 radical (unpaired) electrons. The molecule has 0 bridgehead atoms. The van der Waals surface area contributed by atoms with Crippen molar-refractivity contribution >= 4 is 0 Å². The lowest BCUT2D eigenvalue weighted by atomic mass is 10.00. The predicted octanol–water partition coefficient (Wildman–Crippen LogP) is 1.98. The zero-order chi connectivity index (χ0) is 8.01. The lowest BCUT2D eigenvalue weighted by Crippen LogP contribution is -2.36. The molecule has 2 fully saturated rings. The molecular weight excluding hydrogens is 134 g/mol. The minimum Gasteiger partial charge on any atom is -0.300 e. The Kier molecular flexibility index (Phi) is 1.71. The molecule has 0 aromatic heterocycles. The van der Waals surface area contributed by atoms with Crippen LogP contribution in [0.25, 0.3) is 0 Å². The van der Waals surface area contributed by atoms with Crippen molar-refractivity contribution in [1.82, 2.24) is 4.90 Å². The van der Waals surface area contributed by atoms with Crippen LogP contribution in [0.15, 0.2) is 0 Å². The number of hydrogen-bond acceptors (Lipinski definition) is 1. The zero-order valence-electron chi connectivity index (χ0n) is 7.88. The number of piperidine rings is 1. The van der Waals surface area contributed by atoms with Gasteiger partial charge in [0.15, 0.2) is 0 Å². The van der Waals surface area contributed by atoms with E-state index in [2.05, 4.69) is 25.7 Å². The summed E-state index contributed by atoms with van der Waals surface area (Å²) in [5, 5.41) is 0. The molecule has 0 aromatic carbocycles. The summed E-state index contributed by atoms with van der Waals surface area (Å²) >= 11 is 0. The van der Waals surface area contributed by atoms with Crippen molar-refractivity contribution in [2.24, 2.45) is 17.8 Å². The fourth-order valence-corrected chi connectivity index (χ4v) is 2.85. The molecule has 1 nitrogen and oxygen atoms in total. The molecule has 1 heterocycles. The largest absolute Gasteiger partial charge is 0.300 e. The fraction of sp³-hybridized carbons (Fsp3) is 1.00. The molecule has 1 aliphatic heterocycles. The first-order chi connectivity index (χ1) is 5.24. The summed E-state index contributed by atoms with van der Waals surface area (Å²) in [5.74, 6) is 3.03. The van der Waals surface area contributed by atoms with Gasteiger partial charge in [0, 0.05) is 12.6 Å². The lowest BCUT2D eigenvalue weighted by Gasteiger charge is -2.28. The summed E-state index contributed by atoms with van der Waals surface area (Å²) in [4.78, 5) is 2.67. The van der Waals surface area contributed by atoms with Gasteiger partial charge in [0.2, 0.25) is 0 Å². The smallest absolute Gasteiger partial charge is 0.0150 e. The van der Waals surface area contributed by atoms with Crippen LogP contribution in [-0.4, -0.2) is 24.0 Å². The summed E-state index contributed by atoms with van der Waals surface area (Å²) in [7, 11) is 0. The third-order valence-electron chi connectivity index (χ3n) is 3.40. The van der Waals surface area contributed by atoms with Crippen molar-refractivity contribution in [3.8, 4) is 0 Å². The molecule has 0 spiro atoms. The van der Waals surface area contributed by atoms with E-state index in [-0.39, 0.29) is 0 Å². The Morgan fingerprint density at radius 3 is 2.64 bits per heavy atom. The highest BCUT2D eigenvalue weighted by Crippen LogP contribution is 2.51. The Bertz CT molecular complexity index is 153. The molecule has 0 aromatic rings. The van der Waals surface area contributed by atoms with Crippen LogP contribution < -0.4 is 0 Å². The van der Waals surface area contributed by atoms with Gasteiger partial charge in [-0.3, -0.25) is 4.90 Å². The van der Waals surface area contributed by atoms with Crippen LogP contribution in [0.3, 0.4) is 0 Å². The van der Waals surface area contributed by atoms with E-state index in [4.69, 9.17) is 0 Å². The maximum Gasteiger partial charge on any atom is 0.0150 e. The van der Waals surface area contributed by atoms with Gasteiger partial charge in [-0.1, -0.05) is 20.8 Å². The number of likely N-dealkylation sites (tertiary alicyclic amines) is 1. The molecule has 2 aliphatic rings. The molecule has 11 heavy (non-hydrogen) atoms. The van der Waals surface area contributed by atoms with Gasteiger partial charge < -0.3 is 0 Å². The first-order valence-electron chi connectivity index (χ1n) is 4.98. The molecule has 0 N–H and O–H groups in total. The number of fused-ring (bicyclic) bond motifs is 1. The molecule has 1 heteroatoms. The highest BCUT2D eigenvalue weighted by molar-refractivity contribution is 5.04. The molecule has 2 rings (SSSR count). The van der Waals surface area contributed by atoms with Gasteiger partial charge in [0.05, 0.1) is 0 Å². The Labute approximate surface area is 69.8 Å². The Hall–Kier alpha value is -0.0400. The minimum absolute atomic E-state index is 0.868. The topological polar surface area (TPSA) is 3.24 Å². The molecule has 1 saturated carbocycles. The molecule has 3 atom stereocenters. The summed E-state index contributed by atoms with van der Waals surface area (Å²) < 4.78 is 0. The molecule has 64 valence electrons. The zero-order valence-corrected chi connectivity index (χ0v) is 7.88. The van der Waals surface area contributed by atoms with Gasteiger partial charge >= 0.3 is 0 Å². The normalized spacial score (nSPS) is 43.1. The SMILES string of the molecule is CCN1C[C@@H]2C[C@@H]2[C@H]1C(C)C. The van der Waals surface area contributed by atoms with Crippen LogP contribution >= 0.6 is 0 Å². The fourth-order valence-electron chi connectivity index (χ4n) is 2.85. The maximum atomic E-state index is 2.67. The summed E-state index contributed by atoms with van der Waals surface area (Å²) in [6.45, 7) is 9.68. The molecule has 1 saturated heterocycles. The minimum atomic E-state index is 0.868. The lowest BCUT2D eigenvalue weighted by molar-refractivity contribution is 0.184. The Morgan fingerprint density at radius 1 is 1.45 bits per heavy atom. The van der Waals surface area contributed by atoms with Gasteiger partial charge in [-0.25, -0.2) is 0 Å². The highest BCUT2D eigenvalue weighted by Gasteiger charge is 2.52. The van der Waals surface area contributed by atoms with E-state index in [1.54, 1.807) is 0 Å². The quantitative estimate of drug-likeness (QED) is 0.586. The van der Waals surface area contributed by atoms with E-state index in [1.165, 1.54) is 19.5 Å². The van der Waals surface area contributed by atoms with E-state index >= 15 is 0 Å². The number of nitrogens with zero attached hydrogens (tertiary/aromatic N) is 1. The third kappa shape index (κ3) is 1.10. The van der Waals surface area contributed by atoms with Crippen molar-refractivity contribution in [1.29, 1.82) is 0 Å². The van der Waals surface area contributed by atoms with Gasteiger partial charge in [0.25, 0.3) is 0 Å². The van der Waals surface area contributed by atoms with E-state index in [9.17, 15) is 0 Å². The van der Waals surface area contributed by atoms with Crippen molar-refractivity contribution in [2.45, 2.75) is 33.2 Å². The van der Waals surface area contributed by atoms with Crippen molar-refractivity contribution < 1.29 is 0 Å². The van der Waals surface area contributed by atoms with Gasteiger partial charge in [-0.05, 0) is 30.7 Å². The van der Waals surface area contributed by atoms with Crippen LogP contribution in [0.2, 0.25) is 0 Å². The number of hydrogen-bond donors (Lipinski definition) is 0. The molecule has 1 aliphatic carbocycles. The average Bonchev–Trinajstić information content (AvgIpc) is 2.61. The standard InChI is InChI=1S/C10H19N/c1-4-11-6-8-5-9(8)10(11)7(2)3/h7-10H,4-6H2,1-3H3/t8-,9-,10+/m0/s1. The second-order valence-electron chi connectivity index (χ2n) is 4.48. The van der Waals surface area contributed by atoms with Crippen LogP contribution in [-0.2, 0) is 0 Å². The average molecular weight is 153 g/mol. The van der Waals surface area contributed by atoms with E-state index in [0.717, 1.165) is 23.8 Å². The summed E-state index contributed by atoms with van der Waals surface area (Å²) in [6, 6.07) is 0.921. The monoisotopic (exact) mass is 153 g/mol. The van der Waals surface area contributed by atoms with Crippen LogP contribution in [0, 0.1) is 17.8 Å². The third-order valence-corrected chi connectivity index (χ3v) is 3.40. The molecule has 0 unspecified atom stereocenters. The predicted molar refractivity (Wildman–Crippen MR) is 47.5 cm³/mol. The van der Waals surface area contributed by atoms with Crippen LogP contribution in [0.4, 0.5) is 0 Å². The van der Waals surface area contributed by atoms with Gasteiger partial charge in [0.1, 0.15) is 0 Å². The first-order valence-corrected chi connectivity index (χ1v) is 4.98. The summed E-state index contributed by atoms with van der Waals surface area (Å²) in [5.41, 5.74) is 0. The van der Waals surface area contributed by atoms with Gasteiger partial charge in [-0.2, -0.15) is 0 Å². The van der Waals surface area contributed by atoms with Crippen molar-refractivity contribution in [2.75, 3.05) is 13.1 Å². The highest BCUT2D eigenvalue weighted by atomic mass is 15.2. The molecule has 0 amide bonds. The second-order valence-corrected chi connectivity index (χ2v) is 4.48. The first kappa shape index (κ1) is 7.60. The van der Waals surface area contributed by atoms with E-state index in [1.807, 2.05) is 0 Å². The summed E-state index contributed by atoms with van der Waals surface area (Å²) in [6.07, 6.45) is 1.53. The van der Waals surface area contributed by atoms with Gasteiger partial charge in [-0.15, -0.1) is 0 Å². The van der Waals surface area contributed by atoms with Crippen molar-refractivity contribution in [3.63, 3.8) is 0 Å². The Morgan fingerprint density at radius 2 is 2.18 bits per heavy atom. The molecular formula is C10H19N. The van der Waals surface area contributed by atoms with Crippen LogP contribution in [0.1, 0.15) is 27.2 Å². The van der Waals surface area contributed by atoms with E-state index in [0.29, 0.717) is 0 Å². The van der Waals surface area contributed by atoms with Crippen LogP contribution in [0.5, 0.6) is 0 Å².